The Morgan fingerprint density at radius 3 is 2.39 bits per heavy atom. The summed E-state index contributed by atoms with van der Waals surface area (Å²) in [5, 5.41) is 2.46. The molecule has 1 saturated heterocycles. The predicted molar refractivity (Wildman–Crippen MR) is 109 cm³/mol. The molecule has 162 valence electrons. The molecular weight excluding hydrogens is 432 g/mol. The lowest BCUT2D eigenvalue weighted by molar-refractivity contribution is -0.140. The van der Waals surface area contributed by atoms with E-state index in [2.05, 4.69) is 5.32 Å². The van der Waals surface area contributed by atoms with Crippen molar-refractivity contribution in [1.29, 1.82) is 0 Å². The number of halogens is 2. The minimum Gasteiger partial charge on any atom is -0.492 e. The van der Waals surface area contributed by atoms with Gasteiger partial charge in [0.15, 0.2) is 0 Å². The quantitative estimate of drug-likeness (QED) is 0.377. The van der Waals surface area contributed by atoms with Gasteiger partial charge in [0.2, 0.25) is 5.91 Å². The van der Waals surface area contributed by atoms with E-state index in [1.807, 2.05) is 0 Å². The first-order valence-electron chi connectivity index (χ1n) is 9.08. The number of urea groups is 1. The average molecular weight is 449 g/mol. The zero-order valence-corrected chi connectivity index (χ0v) is 17.0. The lowest BCUT2D eigenvalue weighted by Gasteiger charge is -2.18. The van der Waals surface area contributed by atoms with E-state index in [0.29, 0.717) is 26.5 Å². The summed E-state index contributed by atoms with van der Waals surface area (Å²) in [6.07, 6.45) is 0. The molecule has 1 aliphatic heterocycles. The van der Waals surface area contributed by atoms with Gasteiger partial charge < -0.3 is 10.1 Å². The van der Waals surface area contributed by atoms with Crippen molar-refractivity contribution < 1.29 is 32.7 Å². The molecule has 0 aromatic heterocycles. The third kappa shape index (κ3) is 5.00. The van der Waals surface area contributed by atoms with E-state index in [4.69, 9.17) is 4.74 Å². The van der Waals surface area contributed by atoms with Crippen LogP contribution in [0, 0.1) is 0 Å². The van der Waals surface area contributed by atoms with Crippen molar-refractivity contribution in [3.8, 4) is 5.75 Å². The number of hydrogen-bond donors (Lipinski definition) is 1. The van der Waals surface area contributed by atoms with E-state index in [1.165, 1.54) is 30.3 Å². The van der Waals surface area contributed by atoms with Gasteiger partial charge in [-0.15, -0.1) is 0 Å². The summed E-state index contributed by atoms with van der Waals surface area (Å²) in [5.41, 5.74) is 0.385. The topological polar surface area (TPSA) is 96.0 Å². The molecule has 11 heteroatoms. The number of anilines is 2. The normalized spacial score (nSPS) is 13.9. The van der Waals surface area contributed by atoms with Gasteiger partial charge in [-0.05, 0) is 43.3 Å². The number of hydrogen-bond acceptors (Lipinski definition) is 6. The highest BCUT2D eigenvalue weighted by Gasteiger charge is 2.47. The molecule has 0 aliphatic carbocycles. The van der Waals surface area contributed by atoms with Crippen LogP contribution in [0.3, 0.4) is 0 Å². The first-order chi connectivity index (χ1) is 14.8. The number of nitrogens with zero attached hydrogens (tertiary/aromatic N) is 2. The van der Waals surface area contributed by atoms with Gasteiger partial charge >= 0.3 is 17.8 Å². The summed E-state index contributed by atoms with van der Waals surface area (Å²) in [6, 6.07) is 10.9. The maximum atomic E-state index is 12.7. The van der Waals surface area contributed by atoms with Gasteiger partial charge in [0, 0.05) is 10.6 Å². The molecule has 5 amide bonds. The predicted octanol–water partition coefficient (Wildman–Crippen LogP) is 3.33. The Morgan fingerprint density at radius 2 is 1.74 bits per heavy atom. The van der Waals surface area contributed by atoms with Gasteiger partial charge in [-0.1, -0.05) is 23.9 Å². The summed E-state index contributed by atoms with van der Waals surface area (Å²) >= 11 is 0.359. The molecule has 0 unspecified atom stereocenters. The number of benzene rings is 2. The lowest BCUT2D eigenvalue weighted by Crippen LogP contribution is -2.39. The van der Waals surface area contributed by atoms with Crippen LogP contribution in [0.15, 0.2) is 53.4 Å². The maximum Gasteiger partial charge on any atom is 0.339 e. The molecule has 2 aromatic carbocycles. The van der Waals surface area contributed by atoms with E-state index in [9.17, 15) is 28.0 Å². The fraction of sp³-hybridized carbons (Fsp3) is 0.200. The van der Waals surface area contributed by atoms with Gasteiger partial charge in [-0.25, -0.2) is 14.6 Å². The van der Waals surface area contributed by atoms with Crippen LogP contribution in [0.1, 0.15) is 6.92 Å². The molecule has 0 atom stereocenters. The van der Waals surface area contributed by atoms with Crippen LogP contribution < -0.4 is 15.0 Å². The first kappa shape index (κ1) is 22.2. The zero-order chi connectivity index (χ0) is 22.5. The Labute approximate surface area is 180 Å². The van der Waals surface area contributed by atoms with Crippen molar-refractivity contribution in [2.45, 2.75) is 17.6 Å². The number of amides is 5. The second-order valence-corrected chi connectivity index (χ2v) is 7.23. The highest BCUT2D eigenvalue weighted by Crippen LogP contribution is 2.32. The molecule has 0 saturated carbocycles. The molecule has 8 nitrogen and oxygen atoms in total. The molecule has 1 N–H and O–H groups in total. The van der Waals surface area contributed by atoms with E-state index in [1.54, 1.807) is 25.1 Å². The minimum atomic E-state index is -2.57. The van der Waals surface area contributed by atoms with Crippen molar-refractivity contribution in [3.63, 3.8) is 0 Å². The largest absolute Gasteiger partial charge is 0.492 e. The zero-order valence-electron chi connectivity index (χ0n) is 16.2. The fourth-order valence-electron chi connectivity index (χ4n) is 2.84. The van der Waals surface area contributed by atoms with Crippen molar-refractivity contribution in [2.75, 3.05) is 23.4 Å². The van der Waals surface area contributed by atoms with Crippen molar-refractivity contribution in [1.82, 2.24) is 4.90 Å². The summed E-state index contributed by atoms with van der Waals surface area (Å²) < 4.78 is 30.1. The van der Waals surface area contributed by atoms with Crippen molar-refractivity contribution in [2.24, 2.45) is 0 Å². The van der Waals surface area contributed by atoms with Crippen LogP contribution >= 0.6 is 11.8 Å². The second kappa shape index (κ2) is 9.56. The number of alkyl halides is 2. The first-order valence-corrected chi connectivity index (χ1v) is 9.96. The van der Waals surface area contributed by atoms with E-state index in [0.717, 1.165) is 0 Å². The molecule has 2 aromatic rings. The van der Waals surface area contributed by atoms with Gasteiger partial charge in [0.1, 0.15) is 12.3 Å². The van der Waals surface area contributed by atoms with Crippen LogP contribution in [-0.2, 0) is 14.4 Å². The Balaban J connectivity index is 1.71. The molecule has 1 heterocycles. The molecule has 1 aliphatic rings. The highest BCUT2D eigenvalue weighted by molar-refractivity contribution is 7.99. The summed E-state index contributed by atoms with van der Waals surface area (Å²) in [7, 11) is 0. The fourth-order valence-corrected chi connectivity index (χ4v) is 3.34. The van der Waals surface area contributed by atoms with E-state index >= 15 is 0 Å². The van der Waals surface area contributed by atoms with Gasteiger partial charge in [0.25, 0.3) is 5.76 Å². The lowest BCUT2D eigenvalue weighted by atomic mass is 10.2. The van der Waals surface area contributed by atoms with Crippen LogP contribution in [-0.4, -0.2) is 47.6 Å². The number of carbonyl (C=O) groups is 4. The molecule has 1 fully saturated rings. The molecule has 0 radical (unpaired) electrons. The van der Waals surface area contributed by atoms with Gasteiger partial charge in [-0.3, -0.25) is 14.4 Å². The standard InChI is InChI=1S/C20H17F2N3O5S/c1-2-30-15-6-4-3-5-14(15)25-18(28)17(27)24(20(25)29)11-16(26)23-12-7-9-13(10-8-12)31-19(21)22/h3-10,19H,2,11H2,1H3,(H,23,26). The highest BCUT2D eigenvalue weighted by atomic mass is 32.2. The number of thioether (sulfide) groups is 1. The van der Waals surface area contributed by atoms with Crippen molar-refractivity contribution in [3.05, 3.63) is 48.5 Å². The Morgan fingerprint density at radius 1 is 1.06 bits per heavy atom. The summed E-state index contributed by atoms with van der Waals surface area (Å²) in [5.74, 6) is -5.30. The SMILES string of the molecule is CCOc1ccccc1N1C(=O)C(=O)N(CC(=O)Nc2ccc(SC(F)F)cc2)C1=O. The smallest absolute Gasteiger partial charge is 0.339 e. The Hall–Kier alpha value is -3.47. The average Bonchev–Trinajstić information content (AvgIpc) is 2.93. The van der Waals surface area contributed by atoms with Gasteiger partial charge in [0.05, 0.1) is 12.3 Å². The number of rotatable bonds is 8. The van der Waals surface area contributed by atoms with Crippen LogP contribution in [0.25, 0.3) is 0 Å². The molecular formula is C20H17F2N3O5S. The van der Waals surface area contributed by atoms with E-state index in [-0.39, 0.29) is 23.7 Å². The number of para-hydroxylation sites is 2. The van der Waals surface area contributed by atoms with Crippen LogP contribution in [0.5, 0.6) is 5.75 Å². The molecule has 0 spiro atoms. The monoisotopic (exact) mass is 449 g/mol. The third-order valence-corrected chi connectivity index (χ3v) is 4.85. The van der Waals surface area contributed by atoms with E-state index < -0.39 is 36.1 Å². The number of ether oxygens (including phenoxy) is 1. The Kier molecular flexibility index (Phi) is 6.85. The third-order valence-electron chi connectivity index (χ3n) is 4.12. The molecule has 3 rings (SSSR count). The minimum absolute atomic E-state index is 0.0997. The number of nitrogens with one attached hydrogen (secondary N) is 1. The molecule has 31 heavy (non-hydrogen) atoms. The van der Waals surface area contributed by atoms with Crippen LogP contribution in [0.2, 0.25) is 0 Å². The summed E-state index contributed by atoms with van der Waals surface area (Å²) in [4.78, 5) is 51.3. The van der Waals surface area contributed by atoms with Crippen molar-refractivity contribution >= 4 is 46.9 Å². The summed E-state index contributed by atoms with van der Waals surface area (Å²) in [6.45, 7) is 1.32. The maximum absolute atomic E-state index is 12.7. The number of imide groups is 2. The van der Waals surface area contributed by atoms with Gasteiger partial charge in [-0.2, -0.15) is 8.78 Å². The molecule has 0 bridgehead atoms. The Bertz CT molecular complexity index is 1020. The second-order valence-electron chi connectivity index (χ2n) is 6.17. The van der Waals surface area contributed by atoms with Crippen LogP contribution in [0.4, 0.5) is 25.0 Å². The number of carbonyl (C=O) groups excluding carboxylic acids is 4.